The minimum absolute atomic E-state index is 0.0495. The second-order valence-electron chi connectivity index (χ2n) is 8.74. The first-order valence-corrected chi connectivity index (χ1v) is 11.7. The zero-order valence-electron chi connectivity index (χ0n) is 20.4. The zero-order valence-corrected chi connectivity index (χ0v) is 20.4. The number of pyridine rings is 1. The molecule has 0 aliphatic rings. The van der Waals surface area contributed by atoms with E-state index in [9.17, 15) is 22.8 Å². The third-order valence-corrected chi connectivity index (χ3v) is 5.60. The Kier molecular flexibility index (Phi) is 9.10. The fraction of sp³-hybridized carbons (Fsp3) is 0.296. The number of nitrogens with one attached hydrogen (secondary N) is 2. The van der Waals surface area contributed by atoms with Crippen LogP contribution in [-0.2, 0) is 11.0 Å². The number of carboxylic acid groups (broad SMARTS) is 1. The van der Waals surface area contributed by atoms with E-state index in [2.05, 4.69) is 15.6 Å². The monoisotopic (exact) mass is 515 g/mol. The van der Waals surface area contributed by atoms with Gasteiger partial charge in [0.2, 0.25) is 0 Å². The van der Waals surface area contributed by atoms with Gasteiger partial charge >= 0.3 is 12.1 Å². The molecule has 0 saturated heterocycles. The first-order chi connectivity index (χ1) is 17.5. The van der Waals surface area contributed by atoms with Crippen LogP contribution < -0.4 is 15.4 Å². The van der Waals surface area contributed by atoms with Crippen LogP contribution in [0.1, 0.15) is 36.2 Å². The quantitative estimate of drug-likeness (QED) is 0.312. The fourth-order valence-electron chi connectivity index (χ4n) is 3.36. The van der Waals surface area contributed by atoms with Gasteiger partial charge in [0.05, 0.1) is 23.7 Å². The number of nitrogens with zero attached hydrogens (tertiary/aromatic N) is 1. The van der Waals surface area contributed by atoms with Crippen LogP contribution in [0.4, 0.5) is 18.9 Å². The number of aliphatic carboxylic acids is 1. The number of ether oxygens (including phenoxy) is 1. The Morgan fingerprint density at radius 2 is 1.68 bits per heavy atom. The van der Waals surface area contributed by atoms with E-state index in [4.69, 9.17) is 9.84 Å². The van der Waals surface area contributed by atoms with Crippen molar-refractivity contribution < 1.29 is 32.6 Å². The average Bonchev–Trinajstić information content (AvgIpc) is 2.86. The summed E-state index contributed by atoms with van der Waals surface area (Å²) in [6, 6.07) is 16.1. The van der Waals surface area contributed by atoms with Crippen molar-refractivity contribution in [1.82, 2.24) is 10.3 Å². The highest BCUT2D eigenvalue weighted by Gasteiger charge is 2.30. The van der Waals surface area contributed by atoms with E-state index in [1.54, 1.807) is 48.5 Å². The number of hydrogen-bond acceptors (Lipinski definition) is 5. The van der Waals surface area contributed by atoms with E-state index >= 15 is 0 Å². The van der Waals surface area contributed by atoms with E-state index in [1.165, 1.54) is 6.07 Å². The lowest BCUT2D eigenvalue weighted by Gasteiger charge is -2.24. The Labute approximate surface area is 212 Å². The number of hydrogen-bond donors (Lipinski definition) is 3. The molecule has 1 amide bonds. The Bertz CT molecular complexity index is 1180. The van der Waals surface area contributed by atoms with Gasteiger partial charge in [0.1, 0.15) is 12.4 Å². The summed E-state index contributed by atoms with van der Waals surface area (Å²) in [5, 5.41) is 14.6. The van der Waals surface area contributed by atoms with Crippen LogP contribution in [0.5, 0.6) is 5.75 Å². The molecule has 3 rings (SSSR count). The maximum atomic E-state index is 12.7. The number of carbonyl (C=O) groups is 2. The lowest BCUT2D eigenvalue weighted by atomic mass is 10.0. The number of amides is 1. The molecule has 0 bridgehead atoms. The van der Waals surface area contributed by atoms with E-state index < -0.39 is 17.7 Å². The predicted octanol–water partition coefficient (Wildman–Crippen LogP) is 5.49. The van der Waals surface area contributed by atoms with Gasteiger partial charge in [-0.25, -0.2) is 0 Å². The van der Waals surface area contributed by atoms with Gasteiger partial charge in [0.25, 0.3) is 5.91 Å². The number of carbonyl (C=O) groups excluding carboxylic acids is 1. The summed E-state index contributed by atoms with van der Waals surface area (Å²) < 4.78 is 44.2. The lowest BCUT2D eigenvalue weighted by Crippen LogP contribution is -2.32. The molecule has 0 spiro atoms. The number of benzene rings is 2. The number of aromatic nitrogens is 1. The van der Waals surface area contributed by atoms with Gasteiger partial charge in [-0.2, -0.15) is 13.2 Å². The summed E-state index contributed by atoms with van der Waals surface area (Å²) in [5.74, 6) is -0.494. The number of rotatable bonds is 11. The van der Waals surface area contributed by atoms with Crippen molar-refractivity contribution >= 4 is 17.6 Å². The van der Waals surface area contributed by atoms with E-state index in [0.717, 1.165) is 18.0 Å². The maximum Gasteiger partial charge on any atom is 0.417 e. The fourth-order valence-corrected chi connectivity index (χ4v) is 3.36. The number of alkyl halides is 3. The number of carboxylic acids is 1. The second-order valence-corrected chi connectivity index (χ2v) is 8.74. The minimum atomic E-state index is -4.43. The normalized spacial score (nSPS) is 12.2. The summed E-state index contributed by atoms with van der Waals surface area (Å²) in [6.45, 7) is 4.51. The maximum absolute atomic E-state index is 12.7. The van der Waals surface area contributed by atoms with Crippen molar-refractivity contribution in [2.24, 2.45) is 5.92 Å². The van der Waals surface area contributed by atoms with Crippen molar-refractivity contribution in [3.05, 3.63) is 78.0 Å². The largest absolute Gasteiger partial charge is 0.491 e. The molecule has 37 heavy (non-hydrogen) atoms. The Balaban J connectivity index is 1.55. The third-order valence-electron chi connectivity index (χ3n) is 5.60. The van der Waals surface area contributed by atoms with E-state index in [1.807, 2.05) is 13.8 Å². The van der Waals surface area contributed by atoms with Crippen LogP contribution in [0.3, 0.4) is 0 Å². The Morgan fingerprint density at radius 1 is 1.00 bits per heavy atom. The molecule has 2 aromatic carbocycles. The Morgan fingerprint density at radius 3 is 2.22 bits per heavy atom. The van der Waals surface area contributed by atoms with Gasteiger partial charge in [0, 0.05) is 29.6 Å². The molecule has 0 fully saturated rings. The molecule has 3 N–H and O–H groups in total. The SMILES string of the molecule is CC(C)C(COc1ccc(-c2ccc(C(F)(F)F)cn2)cc1)Nc1ccc(C(=O)NCCC(=O)O)cc1. The molecule has 0 aliphatic heterocycles. The third kappa shape index (κ3) is 8.23. The van der Waals surface area contributed by atoms with Crippen LogP contribution >= 0.6 is 0 Å². The summed E-state index contributed by atoms with van der Waals surface area (Å²) in [6.07, 6.45) is -3.75. The summed E-state index contributed by atoms with van der Waals surface area (Å²) in [7, 11) is 0. The minimum Gasteiger partial charge on any atom is -0.491 e. The molecule has 1 heterocycles. The highest BCUT2D eigenvalue weighted by atomic mass is 19.4. The van der Waals surface area contributed by atoms with Gasteiger partial charge in [-0.1, -0.05) is 13.8 Å². The van der Waals surface area contributed by atoms with Gasteiger partial charge in [-0.05, 0) is 66.6 Å². The van der Waals surface area contributed by atoms with E-state index in [-0.39, 0.29) is 30.8 Å². The first kappa shape index (κ1) is 27.5. The molecule has 10 heteroatoms. The van der Waals surface area contributed by atoms with Crippen LogP contribution in [-0.4, -0.2) is 41.2 Å². The van der Waals surface area contributed by atoms with Crippen molar-refractivity contribution in [2.75, 3.05) is 18.5 Å². The second kappa shape index (κ2) is 12.2. The standard InChI is InChI=1S/C27H28F3N3O4/c1-17(2)24(33-21-8-3-19(4-9-21)26(36)31-14-13-25(34)35)16-37-22-10-5-18(6-11-22)23-12-7-20(15-32-23)27(28,29)30/h3-12,15,17,24,33H,13-14,16H2,1-2H3,(H,31,36)(H,34,35). The highest BCUT2D eigenvalue weighted by molar-refractivity contribution is 5.94. The van der Waals surface area contributed by atoms with Crippen LogP contribution in [0, 0.1) is 5.92 Å². The molecule has 3 aromatic rings. The molecule has 1 aromatic heterocycles. The summed E-state index contributed by atoms with van der Waals surface area (Å²) in [4.78, 5) is 26.6. The van der Waals surface area contributed by atoms with Crippen molar-refractivity contribution in [3.63, 3.8) is 0 Å². The zero-order chi connectivity index (χ0) is 27.0. The molecule has 196 valence electrons. The van der Waals surface area contributed by atoms with Gasteiger partial charge in [-0.15, -0.1) is 0 Å². The first-order valence-electron chi connectivity index (χ1n) is 11.7. The smallest absolute Gasteiger partial charge is 0.417 e. The predicted molar refractivity (Wildman–Crippen MR) is 133 cm³/mol. The molecule has 1 unspecified atom stereocenters. The van der Waals surface area contributed by atoms with Crippen molar-refractivity contribution in [3.8, 4) is 17.0 Å². The molecular formula is C27H28F3N3O4. The van der Waals surface area contributed by atoms with Crippen molar-refractivity contribution in [1.29, 1.82) is 0 Å². The topological polar surface area (TPSA) is 101 Å². The van der Waals surface area contributed by atoms with E-state index in [0.29, 0.717) is 29.2 Å². The highest BCUT2D eigenvalue weighted by Crippen LogP contribution is 2.30. The molecule has 0 saturated carbocycles. The van der Waals surface area contributed by atoms with Gasteiger partial charge < -0.3 is 20.5 Å². The molecule has 7 nitrogen and oxygen atoms in total. The van der Waals surface area contributed by atoms with Crippen LogP contribution in [0.15, 0.2) is 66.9 Å². The number of anilines is 1. The molecule has 0 aliphatic carbocycles. The number of halogens is 3. The van der Waals surface area contributed by atoms with Crippen LogP contribution in [0.2, 0.25) is 0 Å². The Hall–Kier alpha value is -4.08. The lowest BCUT2D eigenvalue weighted by molar-refractivity contribution is -0.138. The van der Waals surface area contributed by atoms with Crippen LogP contribution in [0.25, 0.3) is 11.3 Å². The summed E-state index contributed by atoms with van der Waals surface area (Å²) >= 11 is 0. The van der Waals surface area contributed by atoms with Gasteiger partial charge in [0.15, 0.2) is 0 Å². The molecule has 0 radical (unpaired) electrons. The van der Waals surface area contributed by atoms with Crippen molar-refractivity contribution in [2.45, 2.75) is 32.5 Å². The van der Waals surface area contributed by atoms with Gasteiger partial charge in [-0.3, -0.25) is 14.6 Å². The molecule has 1 atom stereocenters. The summed E-state index contributed by atoms with van der Waals surface area (Å²) in [5.41, 5.74) is 1.54. The molecular weight excluding hydrogens is 487 g/mol. The average molecular weight is 516 g/mol.